The maximum absolute atomic E-state index is 13.0. The van der Waals surface area contributed by atoms with Crippen LogP contribution in [0, 0.1) is 13.8 Å². The van der Waals surface area contributed by atoms with Crippen LogP contribution in [0.5, 0.6) is 0 Å². The largest absolute Gasteiger partial charge is 0.463 e. The molecule has 2 N–H and O–H groups in total. The number of carboxylic acid groups (broad SMARTS) is 1. The molecule has 0 spiro atoms. The molecule has 5 rings (SSSR count). The number of fused-ring (bicyclic) bond motifs is 1. The SMILES string of the molecule is Cc1ccc(C[C@@H](CNC(=O)c2cccnc2)n2c(=NC(=O)O)n(Cc3ccc(C)cc3)c3ccccc32)cc1. The molecule has 40 heavy (non-hydrogen) atoms. The Balaban J connectivity index is 1.64. The van der Waals surface area contributed by atoms with Crippen molar-refractivity contribution in [1.82, 2.24) is 19.4 Å². The van der Waals surface area contributed by atoms with Gasteiger partial charge in [0.1, 0.15) is 0 Å². The molecular formula is C32H31N5O3. The Morgan fingerprint density at radius 1 is 0.875 bits per heavy atom. The molecule has 2 amide bonds. The number of nitrogens with one attached hydrogen (secondary N) is 1. The van der Waals surface area contributed by atoms with Gasteiger partial charge in [0.05, 0.1) is 29.2 Å². The first-order chi connectivity index (χ1) is 19.4. The van der Waals surface area contributed by atoms with Gasteiger partial charge in [-0.05, 0) is 55.7 Å². The van der Waals surface area contributed by atoms with Gasteiger partial charge >= 0.3 is 6.09 Å². The molecule has 2 heterocycles. The third-order valence-corrected chi connectivity index (χ3v) is 6.92. The Kier molecular flexibility index (Phi) is 7.87. The Labute approximate surface area is 232 Å². The van der Waals surface area contributed by atoms with Crippen molar-refractivity contribution in [2.75, 3.05) is 6.54 Å². The molecular weight excluding hydrogens is 502 g/mol. The van der Waals surface area contributed by atoms with E-state index in [9.17, 15) is 14.7 Å². The zero-order valence-corrected chi connectivity index (χ0v) is 22.5. The molecule has 0 fully saturated rings. The van der Waals surface area contributed by atoms with E-state index < -0.39 is 6.09 Å². The van der Waals surface area contributed by atoms with Crippen LogP contribution in [0.1, 0.15) is 38.7 Å². The minimum Gasteiger partial charge on any atom is -0.463 e. The van der Waals surface area contributed by atoms with E-state index in [-0.39, 0.29) is 18.5 Å². The standard InChI is InChI=1S/C32H31N5O3/c1-22-9-13-24(14-10-22)18-27(20-34-30(38)26-6-5-17-33-19-26)37-29-8-4-3-7-28(29)36(31(37)35-32(39)40)21-25-15-11-23(2)12-16-25/h3-17,19,27H,18,20-21H2,1-2H3,(H,34,38)(H,39,40)/t27-/m0/s1. The topological polar surface area (TPSA) is 102 Å². The predicted octanol–water partition coefficient (Wildman–Crippen LogP) is 5.30. The first kappa shape index (κ1) is 26.6. The number of hydrogen-bond acceptors (Lipinski definition) is 3. The van der Waals surface area contributed by atoms with E-state index in [0.717, 1.165) is 33.3 Å². The molecule has 0 radical (unpaired) electrons. The van der Waals surface area contributed by atoms with Crippen molar-refractivity contribution in [1.29, 1.82) is 0 Å². The van der Waals surface area contributed by atoms with Gasteiger partial charge in [0.2, 0.25) is 5.62 Å². The van der Waals surface area contributed by atoms with Gasteiger partial charge in [-0.1, -0.05) is 71.8 Å². The summed E-state index contributed by atoms with van der Waals surface area (Å²) in [4.78, 5) is 33.2. The van der Waals surface area contributed by atoms with E-state index >= 15 is 0 Å². The Morgan fingerprint density at radius 3 is 2.15 bits per heavy atom. The van der Waals surface area contributed by atoms with E-state index in [0.29, 0.717) is 24.1 Å². The minimum absolute atomic E-state index is 0.247. The number of aryl methyl sites for hydroxylation is 2. The highest BCUT2D eigenvalue weighted by Gasteiger charge is 2.22. The normalized spacial score (nSPS) is 12.4. The number of para-hydroxylation sites is 2. The quantitative estimate of drug-likeness (QED) is 0.283. The number of benzene rings is 3. The summed E-state index contributed by atoms with van der Waals surface area (Å²) >= 11 is 0. The van der Waals surface area contributed by atoms with Crippen LogP contribution < -0.4 is 10.9 Å². The number of nitrogens with zero attached hydrogens (tertiary/aromatic N) is 4. The summed E-state index contributed by atoms with van der Waals surface area (Å²) in [6, 6.07) is 27.3. The second kappa shape index (κ2) is 11.8. The van der Waals surface area contributed by atoms with Crippen molar-refractivity contribution in [3.8, 4) is 0 Å². The summed E-state index contributed by atoms with van der Waals surface area (Å²) in [6.45, 7) is 4.77. The number of rotatable bonds is 8. The third-order valence-electron chi connectivity index (χ3n) is 6.92. The van der Waals surface area contributed by atoms with E-state index in [1.165, 1.54) is 6.20 Å². The zero-order chi connectivity index (χ0) is 28.1. The van der Waals surface area contributed by atoms with Gasteiger partial charge in [-0.2, -0.15) is 0 Å². The molecule has 1 atom stereocenters. The van der Waals surface area contributed by atoms with Gasteiger partial charge in [-0.15, -0.1) is 4.99 Å². The molecule has 2 aromatic heterocycles. The summed E-state index contributed by atoms with van der Waals surface area (Å²) in [5.41, 5.74) is 6.85. The lowest BCUT2D eigenvalue weighted by Crippen LogP contribution is -2.38. The summed E-state index contributed by atoms with van der Waals surface area (Å²) < 4.78 is 3.88. The summed E-state index contributed by atoms with van der Waals surface area (Å²) in [6.07, 6.45) is 2.42. The average molecular weight is 534 g/mol. The summed E-state index contributed by atoms with van der Waals surface area (Å²) in [7, 11) is 0. The van der Waals surface area contributed by atoms with E-state index in [2.05, 4.69) is 39.6 Å². The molecule has 0 saturated heterocycles. The highest BCUT2D eigenvalue weighted by Crippen LogP contribution is 2.22. The predicted molar refractivity (Wildman–Crippen MR) is 154 cm³/mol. The van der Waals surface area contributed by atoms with Crippen LogP contribution in [0.2, 0.25) is 0 Å². The molecule has 0 saturated carbocycles. The number of imidazole rings is 1. The van der Waals surface area contributed by atoms with Crippen LogP contribution in [0.3, 0.4) is 0 Å². The number of aromatic nitrogens is 3. The highest BCUT2D eigenvalue weighted by atomic mass is 16.4. The van der Waals surface area contributed by atoms with Crippen LogP contribution in [-0.2, 0) is 13.0 Å². The van der Waals surface area contributed by atoms with Gasteiger partial charge in [0.25, 0.3) is 5.91 Å². The fourth-order valence-corrected chi connectivity index (χ4v) is 4.89. The van der Waals surface area contributed by atoms with Gasteiger partial charge in [-0.25, -0.2) is 4.79 Å². The Hall–Kier alpha value is -4.98. The zero-order valence-electron chi connectivity index (χ0n) is 22.5. The van der Waals surface area contributed by atoms with E-state index in [1.54, 1.807) is 18.3 Å². The fraction of sp³-hybridized carbons (Fsp3) is 0.188. The minimum atomic E-state index is -1.28. The number of pyridine rings is 1. The van der Waals surface area contributed by atoms with E-state index in [4.69, 9.17) is 0 Å². The molecule has 3 aromatic carbocycles. The highest BCUT2D eigenvalue weighted by molar-refractivity contribution is 5.93. The number of amides is 2. The van der Waals surface area contributed by atoms with Gasteiger partial charge in [-0.3, -0.25) is 9.78 Å². The van der Waals surface area contributed by atoms with E-state index in [1.807, 2.05) is 71.5 Å². The third kappa shape index (κ3) is 6.02. The van der Waals surface area contributed by atoms with Gasteiger partial charge < -0.3 is 19.6 Å². The molecule has 0 aliphatic rings. The smallest absolute Gasteiger partial charge is 0.434 e. The maximum atomic E-state index is 13.0. The number of carbonyl (C=O) groups excluding carboxylic acids is 1. The molecule has 8 heteroatoms. The maximum Gasteiger partial charge on any atom is 0.434 e. The molecule has 8 nitrogen and oxygen atoms in total. The van der Waals surface area contributed by atoms with Crippen molar-refractivity contribution < 1.29 is 14.7 Å². The summed E-state index contributed by atoms with van der Waals surface area (Å²) in [5.74, 6) is -0.247. The molecule has 0 aliphatic heterocycles. The number of hydrogen-bond donors (Lipinski definition) is 2. The van der Waals surface area contributed by atoms with Crippen molar-refractivity contribution in [3.05, 3.63) is 131 Å². The van der Waals surface area contributed by atoms with Crippen LogP contribution in [0.25, 0.3) is 11.0 Å². The lowest BCUT2D eigenvalue weighted by molar-refractivity contribution is 0.0947. The lowest BCUT2D eigenvalue weighted by Gasteiger charge is -2.21. The molecule has 5 aromatic rings. The average Bonchev–Trinajstić information content (AvgIpc) is 3.25. The number of carbonyl (C=O) groups is 2. The first-order valence-electron chi connectivity index (χ1n) is 13.2. The van der Waals surface area contributed by atoms with Crippen molar-refractivity contribution in [2.45, 2.75) is 32.9 Å². The fourth-order valence-electron chi connectivity index (χ4n) is 4.89. The molecule has 0 unspecified atom stereocenters. The molecule has 202 valence electrons. The van der Waals surface area contributed by atoms with Crippen LogP contribution >= 0.6 is 0 Å². The first-order valence-corrected chi connectivity index (χ1v) is 13.2. The van der Waals surface area contributed by atoms with Gasteiger partial charge in [0.15, 0.2) is 0 Å². The second-order valence-corrected chi connectivity index (χ2v) is 9.92. The van der Waals surface area contributed by atoms with Crippen molar-refractivity contribution in [3.63, 3.8) is 0 Å². The van der Waals surface area contributed by atoms with Crippen LogP contribution in [0.15, 0.2) is 102 Å². The Bertz CT molecular complexity index is 1700. The van der Waals surface area contributed by atoms with Crippen LogP contribution in [-0.4, -0.2) is 37.8 Å². The van der Waals surface area contributed by atoms with Crippen LogP contribution in [0.4, 0.5) is 4.79 Å². The monoisotopic (exact) mass is 533 g/mol. The van der Waals surface area contributed by atoms with Crippen molar-refractivity contribution in [2.24, 2.45) is 4.99 Å². The molecule has 0 bridgehead atoms. The Morgan fingerprint density at radius 2 is 1.52 bits per heavy atom. The summed E-state index contributed by atoms with van der Waals surface area (Å²) in [5, 5.41) is 12.9. The lowest BCUT2D eigenvalue weighted by atomic mass is 10.0. The van der Waals surface area contributed by atoms with Gasteiger partial charge in [0, 0.05) is 18.9 Å². The molecule has 0 aliphatic carbocycles. The van der Waals surface area contributed by atoms with Crippen molar-refractivity contribution >= 4 is 23.0 Å². The second-order valence-electron chi connectivity index (χ2n) is 9.92.